The van der Waals surface area contributed by atoms with E-state index in [1.54, 1.807) is 12.1 Å². The number of nitrogens with one attached hydrogen (secondary N) is 1. The number of carboxylic acids is 1. The van der Waals surface area contributed by atoms with Gasteiger partial charge in [0, 0.05) is 23.1 Å². The average molecular weight is 297 g/mol. The van der Waals surface area contributed by atoms with Crippen molar-refractivity contribution in [3.63, 3.8) is 0 Å². The summed E-state index contributed by atoms with van der Waals surface area (Å²) in [7, 11) is -1.29. The Balaban J connectivity index is 2.46. The van der Waals surface area contributed by atoms with Crippen LogP contribution in [0.4, 0.5) is 0 Å². The molecule has 0 aliphatic rings. The van der Waals surface area contributed by atoms with Gasteiger partial charge in [0.2, 0.25) is 5.91 Å². The minimum Gasteiger partial charge on any atom is -0.478 e. The lowest BCUT2D eigenvalue weighted by molar-refractivity contribution is -0.118. The van der Waals surface area contributed by atoms with Crippen LogP contribution >= 0.6 is 0 Å². The molecule has 1 aromatic rings. The van der Waals surface area contributed by atoms with Crippen LogP contribution in [0.15, 0.2) is 24.3 Å². The Bertz CT molecular complexity index is 496. The third-order valence-corrected chi connectivity index (χ3v) is 3.77. The first-order valence-electron chi connectivity index (χ1n) is 6.32. The number of hydrogen-bond acceptors (Lipinski definition) is 3. The van der Waals surface area contributed by atoms with Crippen LogP contribution in [0.3, 0.4) is 0 Å². The molecule has 20 heavy (non-hydrogen) atoms. The molecular weight excluding hydrogens is 278 g/mol. The van der Waals surface area contributed by atoms with Gasteiger partial charge < -0.3 is 10.4 Å². The zero-order valence-electron chi connectivity index (χ0n) is 11.6. The van der Waals surface area contributed by atoms with Crippen LogP contribution < -0.4 is 5.32 Å². The van der Waals surface area contributed by atoms with E-state index < -0.39 is 16.8 Å². The lowest BCUT2D eigenvalue weighted by Gasteiger charge is -2.07. The van der Waals surface area contributed by atoms with Gasteiger partial charge in [0.15, 0.2) is 0 Å². The van der Waals surface area contributed by atoms with Gasteiger partial charge in [-0.05, 0) is 23.6 Å². The summed E-state index contributed by atoms with van der Waals surface area (Å²) >= 11 is 0. The lowest BCUT2D eigenvalue weighted by Crippen LogP contribution is -2.31. The summed E-state index contributed by atoms with van der Waals surface area (Å²) in [6, 6.07) is 6.17. The smallest absolute Gasteiger partial charge is 0.335 e. The molecule has 110 valence electrons. The zero-order valence-corrected chi connectivity index (χ0v) is 12.4. The van der Waals surface area contributed by atoms with Crippen LogP contribution in [0.25, 0.3) is 0 Å². The van der Waals surface area contributed by atoms with E-state index in [1.165, 1.54) is 12.1 Å². The summed E-state index contributed by atoms with van der Waals surface area (Å²) in [6.07, 6.45) is 0. The summed E-state index contributed by atoms with van der Waals surface area (Å²) in [5.74, 6) is -0.650. The van der Waals surface area contributed by atoms with Gasteiger partial charge in [0.05, 0.1) is 5.56 Å². The number of carbonyl (C=O) groups is 2. The second-order valence-corrected chi connectivity index (χ2v) is 6.39. The van der Waals surface area contributed by atoms with Gasteiger partial charge in [-0.25, -0.2) is 4.79 Å². The summed E-state index contributed by atoms with van der Waals surface area (Å²) in [5, 5.41) is 11.5. The molecule has 0 fully saturated rings. The van der Waals surface area contributed by atoms with Crippen molar-refractivity contribution in [3.8, 4) is 0 Å². The quantitative estimate of drug-likeness (QED) is 0.797. The molecule has 1 unspecified atom stereocenters. The molecule has 0 saturated carbocycles. The van der Waals surface area contributed by atoms with Crippen molar-refractivity contribution < 1.29 is 18.9 Å². The van der Waals surface area contributed by atoms with E-state index in [0.29, 0.717) is 12.5 Å². The summed E-state index contributed by atoms with van der Waals surface area (Å²) < 4.78 is 11.8. The average Bonchev–Trinajstić information content (AvgIpc) is 2.36. The number of aromatic carboxylic acids is 1. The number of rotatable bonds is 7. The van der Waals surface area contributed by atoms with E-state index in [4.69, 9.17) is 5.11 Å². The Hall–Kier alpha value is -1.69. The molecular formula is C14H19NO4S. The maximum atomic E-state index is 11.8. The largest absolute Gasteiger partial charge is 0.478 e. The number of benzene rings is 1. The number of amides is 1. The van der Waals surface area contributed by atoms with Gasteiger partial charge in [-0.15, -0.1) is 0 Å². The highest BCUT2D eigenvalue weighted by Crippen LogP contribution is 2.07. The molecule has 0 aliphatic carbocycles. The molecule has 1 aromatic carbocycles. The van der Waals surface area contributed by atoms with Gasteiger partial charge in [0.25, 0.3) is 0 Å². The van der Waals surface area contributed by atoms with E-state index in [9.17, 15) is 13.8 Å². The van der Waals surface area contributed by atoms with E-state index >= 15 is 0 Å². The Labute approximate surface area is 120 Å². The predicted molar refractivity (Wildman–Crippen MR) is 78.0 cm³/mol. The van der Waals surface area contributed by atoms with Gasteiger partial charge >= 0.3 is 5.97 Å². The lowest BCUT2D eigenvalue weighted by atomic mass is 10.1. The molecule has 0 bridgehead atoms. The predicted octanol–water partition coefficient (Wildman–Crippen LogP) is 1.41. The van der Waals surface area contributed by atoms with Crippen molar-refractivity contribution >= 4 is 22.7 Å². The van der Waals surface area contributed by atoms with Crippen LogP contribution in [-0.4, -0.2) is 33.5 Å². The summed E-state index contributed by atoms with van der Waals surface area (Å²) in [4.78, 5) is 22.2. The molecule has 0 aromatic heterocycles. The molecule has 0 saturated heterocycles. The second-order valence-electron chi connectivity index (χ2n) is 4.93. The fraction of sp³-hybridized carbons (Fsp3) is 0.429. The summed E-state index contributed by atoms with van der Waals surface area (Å²) in [6.45, 7) is 4.55. The van der Waals surface area contributed by atoms with Crippen molar-refractivity contribution in [1.82, 2.24) is 5.32 Å². The Morgan fingerprint density at radius 1 is 1.25 bits per heavy atom. The van der Waals surface area contributed by atoms with E-state index in [1.807, 2.05) is 13.8 Å². The standard InChI is InChI=1S/C14H19NO4S/c1-10(2)7-15-13(16)9-20(19)8-11-3-5-12(6-4-11)14(17)18/h3-6,10H,7-9H2,1-2H3,(H,15,16)(H,17,18). The van der Waals surface area contributed by atoms with Crippen molar-refractivity contribution in [2.24, 2.45) is 5.92 Å². The number of carboxylic acid groups (broad SMARTS) is 1. The fourth-order valence-corrected chi connectivity index (χ4v) is 2.56. The Morgan fingerprint density at radius 2 is 1.85 bits per heavy atom. The highest BCUT2D eigenvalue weighted by molar-refractivity contribution is 7.84. The molecule has 0 spiro atoms. The normalized spacial score (nSPS) is 12.2. The van der Waals surface area contributed by atoms with Gasteiger partial charge in [0.1, 0.15) is 5.75 Å². The second kappa shape index (κ2) is 7.79. The molecule has 0 heterocycles. The maximum absolute atomic E-state index is 11.8. The SMILES string of the molecule is CC(C)CNC(=O)CS(=O)Cc1ccc(C(=O)O)cc1. The zero-order chi connectivity index (χ0) is 15.1. The molecule has 1 atom stereocenters. The topological polar surface area (TPSA) is 83.5 Å². The fourth-order valence-electron chi connectivity index (χ4n) is 1.50. The van der Waals surface area contributed by atoms with Crippen LogP contribution in [0.5, 0.6) is 0 Å². The van der Waals surface area contributed by atoms with Gasteiger partial charge in [-0.2, -0.15) is 0 Å². The molecule has 5 nitrogen and oxygen atoms in total. The molecule has 1 amide bonds. The van der Waals surface area contributed by atoms with E-state index in [0.717, 1.165) is 5.56 Å². The first-order valence-corrected chi connectivity index (χ1v) is 7.81. The Morgan fingerprint density at radius 3 is 2.35 bits per heavy atom. The van der Waals surface area contributed by atoms with Crippen LogP contribution in [0.1, 0.15) is 29.8 Å². The van der Waals surface area contributed by atoms with Crippen molar-refractivity contribution in [2.45, 2.75) is 19.6 Å². The number of carbonyl (C=O) groups excluding carboxylic acids is 1. The first kappa shape index (κ1) is 16.4. The highest BCUT2D eigenvalue weighted by atomic mass is 32.2. The highest BCUT2D eigenvalue weighted by Gasteiger charge is 2.09. The third kappa shape index (κ3) is 5.97. The first-order chi connectivity index (χ1) is 9.38. The van der Waals surface area contributed by atoms with Gasteiger partial charge in [-0.3, -0.25) is 9.00 Å². The number of hydrogen-bond donors (Lipinski definition) is 2. The minimum absolute atomic E-state index is 0.0343. The molecule has 6 heteroatoms. The van der Waals surface area contributed by atoms with E-state index in [-0.39, 0.29) is 23.0 Å². The van der Waals surface area contributed by atoms with Crippen molar-refractivity contribution in [3.05, 3.63) is 35.4 Å². The minimum atomic E-state index is -1.29. The molecule has 2 N–H and O–H groups in total. The monoisotopic (exact) mass is 297 g/mol. The van der Waals surface area contributed by atoms with Crippen LogP contribution in [0.2, 0.25) is 0 Å². The maximum Gasteiger partial charge on any atom is 0.335 e. The summed E-state index contributed by atoms with van der Waals surface area (Å²) in [5.41, 5.74) is 0.944. The molecule has 0 radical (unpaired) electrons. The Kier molecular flexibility index (Phi) is 6.38. The van der Waals surface area contributed by atoms with E-state index in [2.05, 4.69) is 5.32 Å². The van der Waals surface area contributed by atoms with Crippen molar-refractivity contribution in [2.75, 3.05) is 12.3 Å². The van der Waals surface area contributed by atoms with Crippen LogP contribution in [0, 0.1) is 5.92 Å². The molecule has 1 rings (SSSR count). The van der Waals surface area contributed by atoms with Gasteiger partial charge in [-0.1, -0.05) is 26.0 Å². The van der Waals surface area contributed by atoms with Crippen molar-refractivity contribution in [1.29, 1.82) is 0 Å². The third-order valence-electron chi connectivity index (χ3n) is 2.53. The van der Waals surface area contributed by atoms with Crippen LogP contribution in [-0.2, 0) is 21.3 Å². The molecule has 0 aliphatic heterocycles.